The number of aromatic nitrogens is 3. The van der Waals surface area contributed by atoms with Crippen LogP contribution < -0.4 is 5.73 Å². The van der Waals surface area contributed by atoms with Crippen LogP contribution in [-0.2, 0) is 9.53 Å². The van der Waals surface area contributed by atoms with Gasteiger partial charge in [-0.25, -0.2) is 0 Å². The summed E-state index contributed by atoms with van der Waals surface area (Å²) in [5.74, 6) is 6.65. The molecule has 170 valence electrons. The number of nitrogens with zero attached hydrogens (tertiary/aromatic N) is 4. The van der Waals surface area contributed by atoms with Crippen LogP contribution in [0.5, 0.6) is 0 Å². The predicted molar refractivity (Wildman–Crippen MR) is 130 cm³/mol. The molecule has 1 aromatic carbocycles. The van der Waals surface area contributed by atoms with Gasteiger partial charge in [0.15, 0.2) is 5.82 Å². The maximum atomic E-state index is 12.7. The fraction of sp³-hybridized carbons (Fsp3) is 0.360. The lowest BCUT2D eigenvalue weighted by Gasteiger charge is -2.20. The van der Waals surface area contributed by atoms with E-state index in [4.69, 9.17) is 15.5 Å². The summed E-state index contributed by atoms with van der Waals surface area (Å²) in [6.45, 7) is 8.40. The number of fused-ring (bicyclic) bond motifs is 3. The molecular formula is C25H27N5O2S. The summed E-state index contributed by atoms with van der Waals surface area (Å²) in [6, 6.07) is 7.44. The van der Waals surface area contributed by atoms with Crippen molar-refractivity contribution in [2.45, 2.75) is 40.2 Å². The highest BCUT2D eigenvalue weighted by molar-refractivity contribution is 7.15. The molecule has 7 nitrogen and oxygen atoms in total. The van der Waals surface area contributed by atoms with E-state index < -0.39 is 12.0 Å². The Kier molecular flexibility index (Phi) is 6.45. The smallest absolute Gasteiger partial charge is 0.311 e. The predicted octanol–water partition coefficient (Wildman–Crippen LogP) is 3.66. The summed E-state index contributed by atoms with van der Waals surface area (Å²) in [5.41, 5.74) is 10.4. The highest BCUT2D eigenvalue weighted by atomic mass is 32.1. The largest absolute Gasteiger partial charge is 0.469 e. The lowest BCUT2D eigenvalue weighted by molar-refractivity contribution is -0.146. The molecule has 8 heteroatoms. The van der Waals surface area contributed by atoms with Crippen molar-refractivity contribution in [3.63, 3.8) is 0 Å². The number of nitrogens with two attached hydrogens (primary N) is 1. The van der Waals surface area contributed by atoms with Gasteiger partial charge in [-0.2, -0.15) is 0 Å². The Balaban J connectivity index is 2.03. The number of hydrogen-bond donors (Lipinski definition) is 1. The van der Waals surface area contributed by atoms with Gasteiger partial charge in [-0.3, -0.25) is 14.4 Å². The van der Waals surface area contributed by atoms with Gasteiger partial charge in [-0.05, 0) is 44.9 Å². The Hall–Kier alpha value is -3.28. The molecule has 2 atom stereocenters. The lowest BCUT2D eigenvalue weighted by atomic mass is 9.95. The molecule has 4 rings (SSSR count). The van der Waals surface area contributed by atoms with Crippen LogP contribution in [0.2, 0.25) is 0 Å². The van der Waals surface area contributed by atoms with Gasteiger partial charge in [-0.1, -0.05) is 30.9 Å². The molecule has 1 aliphatic heterocycles. The number of hydrogen-bond acceptors (Lipinski definition) is 7. The van der Waals surface area contributed by atoms with E-state index in [1.165, 1.54) is 12.0 Å². The number of esters is 1. The minimum Gasteiger partial charge on any atom is -0.469 e. The molecule has 3 heterocycles. The number of rotatable bonds is 4. The van der Waals surface area contributed by atoms with Gasteiger partial charge in [0.25, 0.3) is 0 Å². The van der Waals surface area contributed by atoms with Crippen LogP contribution in [0, 0.1) is 38.5 Å². The van der Waals surface area contributed by atoms with Crippen molar-refractivity contribution in [1.29, 1.82) is 0 Å². The van der Waals surface area contributed by atoms with Gasteiger partial charge in [0.1, 0.15) is 16.9 Å². The van der Waals surface area contributed by atoms with Crippen molar-refractivity contribution >= 4 is 23.0 Å². The second kappa shape index (κ2) is 9.30. The molecule has 0 bridgehead atoms. The van der Waals surface area contributed by atoms with Crippen LogP contribution >= 0.6 is 11.3 Å². The van der Waals surface area contributed by atoms with Crippen molar-refractivity contribution < 1.29 is 9.53 Å². The first-order valence-corrected chi connectivity index (χ1v) is 11.7. The summed E-state index contributed by atoms with van der Waals surface area (Å²) in [4.78, 5) is 19.1. The average Bonchev–Trinajstić information content (AvgIpc) is 3.29. The molecule has 1 aliphatic rings. The number of carbonyl (C=O) groups excluding carboxylic acids is 1. The number of carbonyl (C=O) groups is 1. The molecule has 2 N–H and O–H groups in total. The highest BCUT2D eigenvalue weighted by Gasteiger charge is 2.38. The van der Waals surface area contributed by atoms with Crippen LogP contribution in [0.15, 0.2) is 29.3 Å². The zero-order valence-corrected chi connectivity index (χ0v) is 20.3. The van der Waals surface area contributed by atoms with Crippen molar-refractivity contribution in [2.75, 3.05) is 13.7 Å². The number of benzene rings is 1. The Labute approximate surface area is 197 Å². The molecular weight excluding hydrogens is 434 g/mol. The van der Waals surface area contributed by atoms with E-state index in [0.717, 1.165) is 38.8 Å². The molecule has 2 aromatic heterocycles. The summed E-state index contributed by atoms with van der Waals surface area (Å²) in [7, 11) is 1.41. The van der Waals surface area contributed by atoms with Gasteiger partial charge in [0.05, 0.1) is 25.3 Å². The summed E-state index contributed by atoms with van der Waals surface area (Å²) >= 11 is 1.69. The topological polar surface area (TPSA) is 95.4 Å². The Bertz CT molecular complexity index is 1310. The van der Waals surface area contributed by atoms with E-state index >= 15 is 0 Å². The minimum absolute atomic E-state index is 0.297. The van der Waals surface area contributed by atoms with Gasteiger partial charge < -0.3 is 10.5 Å². The maximum absolute atomic E-state index is 12.7. The highest BCUT2D eigenvalue weighted by Crippen LogP contribution is 2.41. The molecule has 0 amide bonds. The van der Waals surface area contributed by atoms with Gasteiger partial charge in [0.2, 0.25) is 0 Å². The van der Waals surface area contributed by atoms with Gasteiger partial charge >= 0.3 is 5.97 Å². The third kappa shape index (κ3) is 3.99. The zero-order valence-electron chi connectivity index (χ0n) is 19.5. The second-order valence-corrected chi connectivity index (χ2v) is 9.15. The maximum Gasteiger partial charge on any atom is 0.311 e. The normalized spacial score (nSPS) is 15.5. The standard InChI is InChI=1S/C25H27N5O2S/c1-6-19(25(31)32-5)22-23-29-28-16(4)30(23)24-20(14(2)15(3)33-24)21(27-22)18-11-7-9-17(13-18)10-8-12-26/h7,9,11,13,19,22H,6,12,26H2,1-5H3/t19-,22+/m1/s1. The van der Waals surface area contributed by atoms with E-state index in [9.17, 15) is 4.79 Å². The minimum atomic E-state index is -0.531. The third-order valence-electron chi connectivity index (χ3n) is 5.98. The first-order valence-electron chi connectivity index (χ1n) is 10.9. The summed E-state index contributed by atoms with van der Waals surface area (Å²) in [5, 5.41) is 9.84. The molecule has 0 spiro atoms. The summed E-state index contributed by atoms with van der Waals surface area (Å²) < 4.78 is 7.18. The van der Waals surface area contributed by atoms with Crippen LogP contribution in [0.25, 0.3) is 5.00 Å². The first-order chi connectivity index (χ1) is 15.9. The number of aliphatic imine (C=N–C) groups is 1. The number of ether oxygens (including phenoxy) is 1. The van der Waals surface area contributed by atoms with E-state index in [1.807, 2.05) is 42.7 Å². The number of thiophene rings is 1. The van der Waals surface area contributed by atoms with Crippen LogP contribution in [0.1, 0.15) is 58.2 Å². The van der Waals surface area contributed by atoms with Crippen LogP contribution in [0.4, 0.5) is 0 Å². The van der Waals surface area contributed by atoms with E-state index in [2.05, 4.69) is 35.9 Å². The molecule has 0 saturated heterocycles. The molecule has 0 aliphatic carbocycles. The van der Waals surface area contributed by atoms with Crippen molar-refractivity contribution in [3.05, 3.63) is 63.0 Å². The molecule has 0 fully saturated rings. The Morgan fingerprint density at radius 1 is 1.30 bits per heavy atom. The monoisotopic (exact) mass is 461 g/mol. The Morgan fingerprint density at radius 2 is 2.09 bits per heavy atom. The van der Waals surface area contributed by atoms with E-state index in [-0.39, 0.29) is 5.97 Å². The van der Waals surface area contributed by atoms with E-state index in [0.29, 0.717) is 18.8 Å². The van der Waals surface area contributed by atoms with Gasteiger partial charge in [0, 0.05) is 21.6 Å². The SMILES string of the molecule is CC[C@@H](C(=O)OC)[C@@H]1N=C(c2cccc(C#CCN)c2)c2c(sc(C)c2C)-n2c(C)nnc21. The summed E-state index contributed by atoms with van der Waals surface area (Å²) in [6.07, 6.45) is 0.563. The fourth-order valence-electron chi connectivity index (χ4n) is 4.18. The lowest BCUT2D eigenvalue weighted by Crippen LogP contribution is -2.24. The first kappa shape index (κ1) is 22.9. The average molecular weight is 462 g/mol. The molecule has 0 unspecified atom stereocenters. The van der Waals surface area contributed by atoms with Crippen molar-refractivity contribution in [1.82, 2.24) is 14.8 Å². The van der Waals surface area contributed by atoms with Crippen LogP contribution in [0.3, 0.4) is 0 Å². The molecule has 33 heavy (non-hydrogen) atoms. The third-order valence-corrected chi connectivity index (χ3v) is 7.18. The fourth-order valence-corrected chi connectivity index (χ4v) is 5.40. The number of methoxy groups -OCH3 is 1. The van der Waals surface area contributed by atoms with Crippen molar-refractivity contribution in [2.24, 2.45) is 16.6 Å². The zero-order chi connectivity index (χ0) is 23.7. The van der Waals surface area contributed by atoms with Gasteiger partial charge in [-0.15, -0.1) is 21.5 Å². The molecule has 0 saturated carbocycles. The second-order valence-electron chi connectivity index (χ2n) is 7.95. The van der Waals surface area contributed by atoms with Crippen LogP contribution in [-0.4, -0.2) is 40.1 Å². The number of aryl methyl sites for hydroxylation is 2. The quantitative estimate of drug-likeness (QED) is 0.473. The Morgan fingerprint density at radius 3 is 2.79 bits per heavy atom. The van der Waals surface area contributed by atoms with E-state index in [1.54, 1.807) is 11.3 Å². The van der Waals surface area contributed by atoms with Crippen molar-refractivity contribution in [3.8, 4) is 16.8 Å². The molecule has 0 radical (unpaired) electrons. The molecule has 3 aromatic rings.